The van der Waals surface area contributed by atoms with Crippen molar-refractivity contribution in [1.29, 1.82) is 0 Å². The third kappa shape index (κ3) is 6.50. The minimum absolute atomic E-state index is 0.848. The lowest BCUT2D eigenvalue weighted by Gasteiger charge is -2.14. The molecule has 1 aliphatic carbocycles. The van der Waals surface area contributed by atoms with E-state index in [2.05, 4.69) is 246 Å². The zero-order chi connectivity index (χ0) is 41.7. The summed E-state index contributed by atoms with van der Waals surface area (Å²) in [6.45, 7) is 0. The van der Waals surface area contributed by atoms with E-state index in [4.69, 9.17) is 4.98 Å². The topological polar surface area (TPSA) is 22.8 Å². The lowest BCUT2D eigenvalue weighted by atomic mass is 9.96. The fourth-order valence-electron chi connectivity index (χ4n) is 9.56. The quantitative estimate of drug-likeness (QED) is 0.157. The molecular weight excluding hydrogens is 763 g/mol. The van der Waals surface area contributed by atoms with Crippen molar-refractivity contribution in [2.24, 2.45) is 0 Å². The number of hydrogen-bond acceptors (Lipinski definition) is 1. The lowest BCUT2D eigenvalue weighted by molar-refractivity contribution is 1.18. The first kappa shape index (κ1) is 36.6. The van der Waals surface area contributed by atoms with Gasteiger partial charge in [-0.25, -0.2) is 4.98 Å². The second-order valence-corrected chi connectivity index (χ2v) is 16.3. The lowest BCUT2D eigenvalue weighted by Crippen LogP contribution is -1.95. The van der Waals surface area contributed by atoms with Gasteiger partial charge in [0.1, 0.15) is 0 Å². The van der Waals surface area contributed by atoms with Crippen LogP contribution < -0.4 is 0 Å². The Kier molecular flexibility index (Phi) is 8.90. The summed E-state index contributed by atoms with van der Waals surface area (Å²) in [5, 5.41) is 5.04. The summed E-state index contributed by atoms with van der Waals surface area (Å²) < 4.78 is 4.78. The first-order chi connectivity index (χ1) is 31.2. The zero-order valence-corrected chi connectivity index (χ0v) is 34.6. The number of pyridine rings is 1. The minimum Gasteiger partial charge on any atom is -0.309 e. The van der Waals surface area contributed by atoms with Crippen LogP contribution in [0.1, 0.15) is 12.0 Å². The van der Waals surface area contributed by atoms with Crippen LogP contribution in [0.2, 0.25) is 0 Å². The van der Waals surface area contributed by atoms with Crippen LogP contribution in [0.25, 0.3) is 105 Å². The van der Waals surface area contributed by atoms with Crippen LogP contribution in [0.3, 0.4) is 0 Å². The van der Waals surface area contributed by atoms with Gasteiger partial charge in [-0.05, 0) is 113 Å². The van der Waals surface area contributed by atoms with E-state index in [0.717, 1.165) is 68.1 Å². The molecule has 3 heterocycles. The first-order valence-electron chi connectivity index (χ1n) is 21.7. The molecule has 0 amide bonds. The van der Waals surface area contributed by atoms with Crippen molar-refractivity contribution in [3.63, 3.8) is 0 Å². The van der Waals surface area contributed by atoms with E-state index < -0.39 is 0 Å². The molecule has 0 N–H and O–H groups in total. The molecular formula is C60H41N3. The van der Waals surface area contributed by atoms with E-state index in [0.29, 0.717) is 0 Å². The van der Waals surface area contributed by atoms with Gasteiger partial charge in [-0.15, -0.1) is 0 Å². The molecule has 1 aliphatic rings. The highest BCUT2D eigenvalue weighted by molar-refractivity contribution is 6.11. The summed E-state index contributed by atoms with van der Waals surface area (Å²) in [6.07, 6.45) is 10.0. The van der Waals surface area contributed by atoms with Gasteiger partial charge < -0.3 is 9.13 Å². The molecule has 12 rings (SSSR count). The minimum atomic E-state index is 0.848. The van der Waals surface area contributed by atoms with Crippen molar-refractivity contribution in [3.05, 3.63) is 242 Å². The van der Waals surface area contributed by atoms with Crippen molar-refractivity contribution in [2.45, 2.75) is 6.42 Å². The number of rotatable bonds is 7. The molecule has 0 unspecified atom stereocenters. The molecule has 11 aromatic rings. The molecule has 3 nitrogen and oxygen atoms in total. The van der Waals surface area contributed by atoms with Crippen molar-refractivity contribution in [1.82, 2.24) is 14.1 Å². The van der Waals surface area contributed by atoms with Crippen LogP contribution >= 0.6 is 0 Å². The number of para-hydroxylation sites is 4. The Morgan fingerprint density at radius 2 is 0.810 bits per heavy atom. The van der Waals surface area contributed by atoms with E-state index in [1.165, 1.54) is 49.2 Å². The highest BCUT2D eigenvalue weighted by Gasteiger charge is 2.16. The third-order valence-corrected chi connectivity index (χ3v) is 12.5. The van der Waals surface area contributed by atoms with E-state index in [1.54, 1.807) is 0 Å². The fraction of sp³-hybridized carbons (Fsp3) is 0.0167. The largest absolute Gasteiger partial charge is 0.309 e. The Hall–Kier alpha value is -8.27. The van der Waals surface area contributed by atoms with Gasteiger partial charge in [0.05, 0.1) is 33.5 Å². The molecule has 296 valence electrons. The average molecular weight is 804 g/mol. The summed E-state index contributed by atoms with van der Waals surface area (Å²) in [5.41, 5.74) is 18.1. The van der Waals surface area contributed by atoms with Crippen LogP contribution in [0.15, 0.2) is 237 Å². The molecule has 8 aromatic carbocycles. The second kappa shape index (κ2) is 15.3. The van der Waals surface area contributed by atoms with Crippen molar-refractivity contribution in [3.8, 4) is 50.5 Å². The molecule has 63 heavy (non-hydrogen) atoms. The van der Waals surface area contributed by atoms with Gasteiger partial charge in [-0.1, -0.05) is 164 Å². The van der Waals surface area contributed by atoms with Crippen molar-refractivity contribution < 1.29 is 0 Å². The molecule has 0 atom stereocenters. The number of hydrogen-bond donors (Lipinski definition) is 0. The van der Waals surface area contributed by atoms with Gasteiger partial charge >= 0.3 is 0 Å². The number of benzene rings is 8. The Morgan fingerprint density at radius 1 is 0.349 bits per heavy atom. The Labute approximate surface area is 366 Å². The summed E-state index contributed by atoms with van der Waals surface area (Å²) in [5.74, 6) is 0. The van der Waals surface area contributed by atoms with Gasteiger partial charge in [-0.3, -0.25) is 0 Å². The summed E-state index contributed by atoms with van der Waals surface area (Å²) in [4.78, 5) is 5.43. The average Bonchev–Trinajstić information content (AvgIpc) is 3.76. The van der Waals surface area contributed by atoms with Crippen LogP contribution in [-0.2, 0) is 0 Å². The summed E-state index contributed by atoms with van der Waals surface area (Å²) in [6, 6.07) is 76.5. The monoisotopic (exact) mass is 803 g/mol. The predicted octanol–water partition coefficient (Wildman–Crippen LogP) is 15.8. The first-order valence-corrected chi connectivity index (χ1v) is 21.7. The maximum atomic E-state index is 5.43. The second-order valence-electron chi connectivity index (χ2n) is 16.3. The Bertz CT molecular complexity index is 3540. The van der Waals surface area contributed by atoms with Gasteiger partial charge in [0.25, 0.3) is 0 Å². The third-order valence-electron chi connectivity index (χ3n) is 12.5. The highest BCUT2D eigenvalue weighted by Crippen LogP contribution is 2.38. The molecule has 0 bridgehead atoms. The maximum absolute atomic E-state index is 5.43. The number of allylic oxidation sites excluding steroid dienone is 6. The van der Waals surface area contributed by atoms with Crippen LogP contribution in [0.4, 0.5) is 0 Å². The standard InChI is InChI=1S/C60H41N3/c1-2-17-41(18-3-1)48-39-55(46-23-14-20-42(35-46)44-19-4-5-25-49(37-44)62-57-31-10-6-27-51(57)52-28-7-11-32-58(52)62)61-56(40-48)47-24-15-21-43(36-47)45-22-16-26-50(38-45)63-59-33-12-8-29-53(59)54-30-9-13-34-60(54)63/h1-3,5-40H,4H2. The predicted molar refractivity (Wildman–Crippen MR) is 266 cm³/mol. The summed E-state index contributed by atoms with van der Waals surface area (Å²) >= 11 is 0. The number of fused-ring (bicyclic) bond motifs is 6. The van der Waals surface area contributed by atoms with Gasteiger partial charge in [0, 0.05) is 44.1 Å². The van der Waals surface area contributed by atoms with Crippen molar-refractivity contribution in [2.75, 3.05) is 0 Å². The van der Waals surface area contributed by atoms with Gasteiger partial charge in [0.15, 0.2) is 0 Å². The normalized spacial score (nSPS) is 12.8. The SMILES string of the molecule is C1=CC(n2c3ccccc3c3ccccc32)=CC(c2cccc(-c3cc(-c4ccccc4)cc(-c4cccc(-c5cccc(-n6c7ccccc7c7ccccc76)c5)c4)n3)c2)=CC1. The van der Waals surface area contributed by atoms with Gasteiger partial charge in [-0.2, -0.15) is 0 Å². The van der Waals surface area contributed by atoms with E-state index in [9.17, 15) is 0 Å². The molecule has 0 fully saturated rings. The van der Waals surface area contributed by atoms with E-state index >= 15 is 0 Å². The molecule has 0 saturated heterocycles. The molecule has 0 aliphatic heterocycles. The number of aromatic nitrogens is 3. The van der Waals surface area contributed by atoms with Crippen LogP contribution in [-0.4, -0.2) is 14.1 Å². The molecule has 3 aromatic heterocycles. The summed E-state index contributed by atoms with van der Waals surface area (Å²) in [7, 11) is 0. The smallest absolute Gasteiger partial charge is 0.0715 e. The van der Waals surface area contributed by atoms with Crippen LogP contribution in [0, 0.1) is 0 Å². The number of nitrogens with zero attached hydrogens (tertiary/aromatic N) is 3. The van der Waals surface area contributed by atoms with E-state index in [1.807, 2.05) is 0 Å². The van der Waals surface area contributed by atoms with Gasteiger partial charge in [0.2, 0.25) is 0 Å². The fourth-order valence-corrected chi connectivity index (χ4v) is 9.56. The zero-order valence-electron chi connectivity index (χ0n) is 34.6. The molecule has 3 heteroatoms. The maximum Gasteiger partial charge on any atom is 0.0715 e. The van der Waals surface area contributed by atoms with Crippen LogP contribution in [0.5, 0.6) is 0 Å². The van der Waals surface area contributed by atoms with E-state index in [-0.39, 0.29) is 0 Å². The highest BCUT2D eigenvalue weighted by atomic mass is 15.0. The van der Waals surface area contributed by atoms with Crippen molar-refractivity contribution >= 4 is 54.9 Å². The molecule has 0 spiro atoms. The molecule has 0 saturated carbocycles. The molecule has 0 radical (unpaired) electrons. The Morgan fingerprint density at radius 3 is 1.41 bits per heavy atom. The Balaban J connectivity index is 0.941.